The fourth-order valence-corrected chi connectivity index (χ4v) is 4.85. The minimum Gasteiger partial charge on any atom is -0.299 e. The Labute approximate surface area is 158 Å². The van der Waals surface area contributed by atoms with Crippen LogP contribution in [0.3, 0.4) is 0 Å². The van der Waals surface area contributed by atoms with Gasteiger partial charge >= 0.3 is 0 Å². The van der Waals surface area contributed by atoms with E-state index in [4.69, 9.17) is 0 Å². The van der Waals surface area contributed by atoms with Gasteiger partial charge in [-0.15, -0.1) is 0 Å². The van der Waals surface area contributed by atoms with Gasteiger partial charge in [0.15, 0.2) is 0 Å². The molecule has 1 saturated heterocycles. The van der Waals surface area contributed by atoms with Crippen molar-refractivity contribution in [3.05, 3.63) is 35.4 Å². The Balaban J connectivity index is 1.54. The normalized spacial score (nSPS) is 21.2. The molecule has 1 atom stereocenters. The summed E-state index contributed by atoms with van der Waals surface area (Å²) in [5.74, 6) is 1.36. The summed E-state index contributed by atoms with van der Waals surface area (Å²) in [7, 11) is -1.76. The van der Waals surface area contributed by atoms with Crippen LogP contribution in [-0.2, 0) is 23.3 Å². The minimum absolute atomic E-state index is 0.0697. The maximum Gasteiger partial charge on any atom is 0.279 e. The third-order valence-corrected chi connectivity index (χ3v) is 7.59. The summed E-state index contributed by atoms with van der Waals surface area (Å²) >= 11 is 0. The van der Waals surface area contributed by atoms with Gasteiger partial charge in [-0.1, -0.05) is 31.2 Å². The Kier molecular flexibility index (Phi) is 6.38. The van der Waals surface area contributed by atoms with Crippen molar-refractivity contribution < 1.29 is 8.42 Å². The largest absolute Gasteiger partial charge is 0.299 e. The van der Waals surface area contributed by atoms with E-state index in [9.17, 15) is 8.42 Å². The highest BCUT2D eigenvalue weighted by Gasteiger charge is 2.35. The third-order valence-electron chi connectivity index (χ3n) is 5.99. The Morgan fingerprint density at radius 3 is 2.50 bits per heavy atom. The summed E-state index contributed by atoms with van der Waals surface area (Å²) in [4.78, 5) is 2.49. The van der Waals surface area contributed by atoms with Crippen molar-refractivity contribution >= 4 is 10.2 Å². The first-order chi connectivity index (χ1) is 12.3. The van der Waals surface area contributed by atoms with E-state index in [0.29, 0.717) is 12.5 Å². The monoisotopic (exact) mass is 379 g/mol. The van der Waals surface area contributed by atoms with E-state index in [1.165, 1.54) is 22.7 Å². The molecule has 26 heavy (non-hydrogen) atoms. The molecule has 5 nitrogen and oxygen atoms in total. The summed E-state index contributed by atoms with van der Waals surface area (Å²) in [5.41, 5.74) is 2.28. The van der Waals surface area contributed by atoms with E-state index < -0.39 is 10.2 Å². The van der Waals surface area contributed by atoms with Crippen LogP contribution >= 0.6 is 0 Å². The molecular formula is C20H33N3O2S. The molecule has 0 radical (unpaired) electrons. The van der Waals surface area contributed by atoms with Gasteiger partial charge in [0, 0.05) is 26.2 Å². The molecule has 0 aromatic heterocycles. The summed E-state index contributed by atoms with van der Waals surface area (Å²) < 4.78 is 29.3. The average Bonchev–Trinajstić information content (AvgIpc) is 3.46. The number of nitrogens with zero attached hydrogens (tertiary/aromatic N) is 2. The zero-order chi connectivity index (χ0) is 18.7. The predicted molar refractivity (Wildman–Crippen MR) is 106 cm³/mol. The lowest BCUT2D eigenvalue weighted by molar-refractivity contribution is 0.185. The van der Waals surface area contributed by atoms with E-state index >= 15 is 0 Å². The number of hydrogen-bond donors (Lipinski definition) is 1. The Hall–Kier alpha value is -0.950. The highest BCUT2D eigenvalue weighted by Crippen LogP contribution is 2.35. The summed E-state index contributed by atoms with van der Waals surface area (Å²) in [5, 5.41) is 0. The van der Waals surface area contributed by atoms with Gasteiger partial charge in [0.1, 0.15) is 0 Å². The van der Waals surface area contributed by atoms with Crippen LogP contribution in [0.2, 0.25) is 0 Å². The van der Waals surface area contributed by atoms with Crippen molar-refractivity contribution in [3.8, 4) is 0 Å². The highest BCUT2D eigenvalue weighted by molar-refractivity contribution is 7.87. The number of nitrogens with one attached hydrogen (secondary N) is 1. The van der Waals surface area contributed by atoms with Crippen LogP contribution in [0.25, 0.3) is 0 Å². The van der Waals surface area contributed by atoms with Crippen molar-refractivity contribution in [1.29, 1.82) is 0 Å². The van der Waals surface area contributed by atoms with E-state index in [0.717, 1.165) is 44.0 Å². The van der Waals surface area contributed by atoms with Gasteiger partial charge in [-0.05, 0) is 68.7 Å². The highest BCUT2D eigenvalue weighted by atomic mass is 32.2. The van der Waals surface area contributed by atoms with Gasteiger partial charge in [0.05, 0.1) is 0 Å². The number of benzene rings is 1. The van der Waals surface area contributed by atoms with Gasteiger partial charge < -0.3 is 0 Å². The van der Waals surface area contributed by atoms with Crippen LogP contribution in [0, 0.1) is 11.8 Å². The zero-order valence-electron chi connectivity index (χ0n) is 16.3. The molecule has 1 aromatic carbocycles. The quantitative estimate of drug-likeness (QED) is 0.755. The van der Waals surface area contributed by atoms with Crippen molar-refractivity contribution in [2.75, 3.05) is 20.1 Å². The van der Waals surface area contributed by atoms with E-state index in [-0.39, 0.29) is 6.04 Å². The molecule has 1 aliphatic heterocycles. The minimum atomic E-state index is -3.44. The van der Waals surface area contributed by atoms with Gasteiger partial charge in [0.2, 0.25) is 0 Å². The first-order valence-corrected chi connectivity index (χ1v) is 11.3. The topological polar surface area (TPSA) is 52.7 Å². The molecule has 0 spiro atoms. The van der Waals surface area contributed by atoms with Crippen LogP contribution in [0.5, 0.6) is 0 Å². The first-order valence-electron chi connectivity index (χ1n) is 9.88. The van der Waals surface area contributed by atoms with Crippen LogP contribution in [0.15, 0.2) is 24.3 Å². The van der Waals surface area contributed by atoms with Crippen LogP contribution in [0.4, 0.5) is 0 Å². The maximum atomic E-state index is 12.5. The van der Waals surface area contributed by atoms with Crippen molar-refractivity contribution in [3.63, 3.8) is 0 Å². The molecule has 1 aliphatic carbocycles. The maximum absolute atomic E-state index is 12.5. The molecule has 3 rings (SSSR count). The molecule has 6 heteroatoms. The Bertz CT molecular complexity index is 695. The second kappa shape index (κ2) is 8.38. The van der Waals surface area contributed by atoms with E-state index in [2.05, 4.69) is 28.7 Å². The van der Waals surface area contributed by atoms with E-state index in [1.807, 2.05) is 19.1 Å². The van der Waals surface area contributed by atoms with Crippen LogP contribution in [-0.4, -0.2) is 43.8 Å². The Morgan fingerprint density at radius 1 is 1.19 bits per heavy atom. The van der Waals surface area contributed by atoms with E-state index in [1.54, 1.807) is 7.05 Å². The predicted octanol–water partition coefficient (Wildman–Crippen LogP) is 2.98. The lowest BCUT2D eigenvalue weighted by atomic mass is 9.98. The molecule has 2 fully saturated rings. The zero-order valence-corrected chi connectivity index (χ0v) is 17.1. The standard InChI is InChI=1S/C20H33N3O2S/c1-16-9-11-23(12-10-16)15-19-6-4-5-18(13-19)14-21-26(24,25)22(3)17(2)20-7-8-20/h4-6,13,16-17,20-21H,7-12,14-15H2,1-3H3. The number of rotatable bonds is 8. The third kappa shape index (κ3) is 5.28. The average molecular weight is 380 g/mol. The van der Waals surface area contributed by atoms with Crippen molar-refractivity contribution in [1.82, 2.24) is 13.9 Å². The molecule has 0 bridgehead atoms. The first kappa shape index (κ1) is 19.8. The van der Waals surface area contributed by atoms with Gasteiger partial charge in [-0.3, -0.25) is 4.90 Å². The van der Waals surface area contributed by atoms with Crippen molar-refractivity contribution in [2.45, 2.75) is 58.7 Å². The SMILES string of the molecule is CC1CCN(Cc2cccc(CNS(=O)(=O)N(C)C(C)C3CC3)c2)CC1. The van der Waals surface area contributed by atoms with Gasteiger partial charge in [-0.25, -0.2) is 0 Å². The Morgan fingerprint density at radius 2 is 1.85 bits per heavy atom. The smallest absolute Gasteiger partial charge is 0.279 e. The summed E-state index contributed by atoms with van der Waals surface area (Å²) in [6.07, 6.45) is 4.81. The molecule has 1 aromatic rings. The second-order valence-electron chi connectivity index (χ2n) is 8.20. The molecule has 2 aliphatic rings. The molecule has 1 saturated carbocycles. The fourth-order valence-electron chi connectivity index (χ4n) is 3.69. The number of piperidine rings is 1. The molecule has 1 unspecified atom stereocenters. The van der Waals surface area contributed by atoms with Crippen LogP contribution in [0.1, 0.15) is 50.7 Å². The fraction of sp³-hybridized carbons (Fsp3) is 0.700. The lowest BCUT2D eigenvalue weighted by Gasteiger charge is -2.30. The molecular weight excluding hydrogens is 346 g/mol. The molecule has 0 amide bonds. The number of likely N-dealkylation sites (tertiary alicyclic amines) is 1. The van der Waals surface area contributed by atoms with Gasteiger partial charge in [-0.2, -0.15) is 17.4 Å². The molecule has 1 heterocycles. The summed E-state index contributed by atoms with van der Waals surface area (Å²) in [6, 6.07) is 8.36. The van der Waals surface area contributed by atoms with Crippen LogP contribution < -0.4 is 4.72 Å². The van der Waals surface area contributed by atoms with Crippen molar-refractivity contribution in [2.24, 2.45) is 11.8 Å². The summed E-state index contributed by atoms with van der Waals surface area (Å²) in [6.45, 7) is 7.92. The molecule has 1 N–H and O–H groups in total. The van der Waals surface area contributed by atoms with Gasteiger partial charge in [0.25, 0.3) is 10.2 Å². The second-order valence-corrected chi connectivity index (χ2v) is 10.0. The number of hydrogen-bond acceptors (Lipinski definition) is 3. The lowest BCUT2D eigenvalue weighted by Crippen LogP contribution is -2.43. The molecule has 146 valence electrons.